The molecular formula is C25H23ClN4O3. The molecule has 0 saturated carbocycles. The van der Waals surface area contributed by atoms with Gasteiger partial charge in [-0.3, -0.25) is 0 Å². The molecule has 0 radical (unpaired) electrons. The average Bonchev–Trinajstić information content (AvgIpc) is 3.00. The van der Waals surface area contributed by atoms with E-state index in [1.807, 2.05) is 54.6 Å². The van der Waals surface area contributed by atoms with Gasteiger partial charge in [-0.25, -0.2) is 9.79 Å². The molecule has 33 heavy (non-hydrogen) atoms. The second-order valence-corrected chi connectivity index (χ2v) is 8.19. The van der Waals surface area contributed by atoms with E-state index in [2.05, 4.69) is 15.5 Å². The first-order valence-electron chi connectivity index (χ1n) is 10.8. The molecule has 0 spiro atoms. The van der Waals surface area contributed by atoms with Gasteiger partial charge >= 0.3 is 6.03 Å². The van der Waals surface area contributed by atoms with Gasteiger partial charge in [0.15, 0.2) is 5.75 Å². The molecule has 2 amide bonds. The van der Waals surface area contributed by atoms with E-state index in [-0.39, 0.29) is 6.03 Å². The molecule has 2 aliphatic heterocycles. The Labute approximate surface area is 197 Å². The molecule has 0 aliphatic carbocycles. The van der Waals surface area contributed by atoms with Gasteiger partial charge in [-0.15, -0.1) is 0 Å². The second-order valence-electron chi connectivity index (χ2n) is 7.75. The van der Waals surface area contributed by atoms with Crippen molar-refractivity contribution in [2.45, 2.75) is 6.54 Å². The van der Waals surface area contributed by atoms with Crippen molar-refractivity contribution in [1.29, 1.82) is 0 Å². The zero-order valence-electron chi connectivity index (χ0n) is 17.9. The third-order valence-corrected chi connectivity index (χ3v) is 5.69. The van der Waals surface area contributed by atoms with Gasteiger partial charge in [0.1, 0.15) is 17.3 Å². The molecule has 2 aliphatic rings. The van der Waals surface area contributed by atoms with Crippen LogP contribution < -0.4 is 15.4 Å². The van der Waals surface area contributed by atoms with Crippen LogP contribution in [-0.2, 0) is 11.3 Å². The second kappa shape index (κ2) is 9.52. The molecule has 168 valence electrons. The number of ether oxygens (including phenoxy) is 2. The molecule has 2 N–H and O–H groups in total. The van der Waals surface area contributed by atoms with Crippen molar-refractivity contribution < 1.29 is 14.3 Å². The van der Waals surface area contributed by atoms with Gasteiger partial charge in [-0.05, 0) is 42.0 Å². The van der Waals surface area contributed by atoms with Crippen LogP contribution in [-0.4, -0.2) is 43.1 Å². The van der Waals surface area contributed by atoms with E-state index < -0.39 is 0 Å². The van der Waals surface area contributed by atoms with Gasteiger partial charge in [0.25, 0.3) is 0 Å². The molecule has 0 bridgehead atoms. The number of benzene rings is 3. The molecule has 0 aromatic heterocycles. The lowest BCUT2D eigenvalue weighted by Crippen LogP contribution is -2.41. The monoisotopic (exact) mass is 462 g/mol. The third-order valence-electron chi connectivity index (χ3n) is 5.45. The van der Waals surface area contributed by atoms with Crippen molar-refractivity contribution >= 4 is 34.8 Å². The van der Waals surface area contributed by atoms with E-state index in [1.165, 1.54) is 0 Å². The highest BCUT2D eigenvalue weighted by Crippen LogP contribution is 2.40. The van der Waals surface area contributed by atoms with Crippen LogP contribution in [0.15, 0.2) is 71.7 Å². The number of aliphatic imine (C=N–C) groups is 1. The maximum atomic E-state index is 12.5. The summed E-state index contributed by atoms with van der Waals surface area (Å²) in [5.41, 5.74) is 3.13. The van der Waals surface area contributed by atoms with Gasteiger partial charge in [0.05, 0.1) is 18.8 Å². The van der Waals surface area contributed by atoms with Crippen LogP contribution in [0.2, 0.25) is 5.02 Å². The van der Waals surface area contributed by atoms with E-state index in [0.29, 0.717) is 60.7 Å². The molecule has 1 saturated heterocycles. The lowest BCUT2D eigenvalue weighted by Gasteiger charge is -2.30. The first-order chi connectivity index (χ1) is 16.2. The highest BCUT2D eigenvalue weighted by Gasteiger charge is 2.25. The van der Waals surface area contributed by atoms with Gasteiger partial charge in [-0.2, -0.15) is 0 Å². The molecule has 2 heterocycles. The minimum absolute atomic E-state index is 0.284. The van der Waals surface area contributed by atoms with Crippen LogP contribution in [0.3, 0.4) is 0 Å². The van der Waals surface area contributed by atoms with Crippen LogP contribution in [0.25, 0.3) is 0 Å². The molecule has 3 aromatic rings. The molecule has 0 unspecified atom stereocenters. The Morgan fingerprint density at radius 2 is 1.79 bits per heavy atom. The van der Waals surface area contributed by atoms with Crippen molar-refractivity contribution in [3.05, 3.63) is 82.9 Å². The molecule has 8 heteroatoms. The van der Waals surface area contributed by atoms with Gasteiger partial charge in [0, 0.05) is 30.3 Å². The molecule has 3 aromatic carbocycles. The van der Waals surface area contributed by atoms with E-state index in [9.17, 15) is 4.79 Å². The molecule has 5 rings (SSSR count). The van der Waals surface area contributed by atoms with E-state index >= 15 is 0 Å². The van der Waals surface area contributed by atoms with Crippen molar-refractivity contribution in [1.82, 2.24) is 10.2 Å². The molecule has 7 nitrogen and oxygen atoms in total. The predicted octanol–water partition coefficient (Wildman–Crippen LogP) is 5.18. The number of morpholine rings is 1. The van der Waals surface area contributed by atoms with Crippen LogP contribution in [0.1, 0.15) is 11.1 Å². The number of amidine groups is 1. The Morgan fingerprint density at radius 1 is 1.00 bits per heavy atom. The summed E-state index contributed by atoms with van der Waals surface area (Å²) in [6.45, 7) is 3.11. The minimum atomic E-state index is -0.284. The number of urea groups is 1. The van der Waals surface area contributed by atoms with Gasteiger partial charge < -0.3 is 25.0 Å². The van der Waals surface area contributed by atoms with Crippen molar-refractivity contribution in [2.75, 3.05) is 31.6 Å². The summed E-state index contributed by atoms with van der Waals surface area (Å²) in [7, 11) is 0. The number of anilines is 1. The topological polar surface area (TPSA) is 75.2 Å². The number of halogens is 1. The predicted molar refractivity (Wildman–Crippen MR) is 129 cm³/mol. The van der Waals surface area contributed by atoms with Crippen molar-refractivity contribution in [3.8, 4) is 11.5 Å². The van der Waals surface area contributed by atoms with Crippen molar-refractivity contribution in [3.63, 3.8) is 0 Å². The van der Waals surface area contributed by atoms with Crippen molar-refractivity contribution in [2.24, 2.45) is 4.99 Å². The molecule has 1 fully saturated rings. The molecule has 0 atom stereocenters. The third kappa shape index (κ3) is 4.94. The summed E-state index contributed by atoms with van der Waals surface area (Å²) in [5, 5.41) is 6.38. The van der Waals surface area contributed by atoms with Crippen LogP contribution in [0.4, 0.5) is 16.2 Å². The maximum absolute atomic E-state index is 12.5. The minimum Gasteiger partial charge on any atom is -0.454 e. The number of hydrogen-bond donors (Lipinski definition) is 2. The Bertz CT molecular complexity index is 1190. The number of nitrogens with one attached hydrogen (secondary N) is 2. The first-order valence-corrected chi connectivity index (χ1v) is 11.2. The van der Waals surface area contributed by atoms with E-state index in [0.717, 1.165) is 17.0 Å². The number of nitrogens with zero attached hydrogens (tertiary/aromatic N) is 2. The summed E-state index contributed by atoms with van der Waals surface area (Å²) < 4.78 is 11.7. The normalized spacial score (nSPS) is 14.8. The van der Waals surface area contributed by atoms with Gasteiger partial charge in [-0.1, -0.05) is 41.9 Å². The smallest absolute Gasteiger partial charge is 0.319 e. The van der Waals surface area contributed by atoms with E-state index in [1.54, 1.807) is 12.1 Å². The first kappa shape index (κ1) is 21.3. The Balaban J connectivity index is 1.42. The summed E-state index contributed by atoms with van der Waals surface area (Å²) in [6.07, 6.45) is 0. The van der Waals surface area contributed by atoms with Crippen LogP contribution >= 0.6 is 11.6 Å². The Kier molecular flexibility index (Phi) is 6.15. The summed E-state index contributed by atoms with van der Waals surface area (Å²) >= 11 is 6.22. The fourth-order valence-corrected chi connectivity index (χ4v) is 3.96. The SMILES string of the molecule is O=C(NCc1ccccc1)Nc1ccc2c(c1)C(N1CCOCC1)=Nc1cc(Cl)ccc1O2. The number of carbonyl (C=O) groups is 1. The highest BCUT2D eigenvalue weighted by atomic mass is 35.5. The molecular weight excluding hydrogens is 440 g/mol. The van der Waals surface area contributed by atoms with E-state index in [4.69, 9.17) is 26.1 Å². The summed E-state index contributed by atoms with van der Waals surface area (Å²) in [6, 6.07) is 20.4. The average molecular weight is 463 g/mol. The Hall–Kier alpha value is -3.55. The number of fused-ring (bicyclic) bond motifs is 2. The number of hydrogen-bond acceptors (Lipinski definition) is 5. The standard InChI is InChI=1S/C25H23ClN4O3/c26-18-6-8-23-21(14-18)29-24(30-10-12-32-13-11-30)20-15-19(7-9-22(20)33-23)28-25(31)27-16-17-4-2-1-3-5-17/h1-9,14-15H,10-13,16H2,(H2,27,28,31). The van der Waals surface area contributed by atoms with Crippen LogP contribution in [0.5, 0.6) is 11.5 Å². The quantitative estimate of drug-likeness (QED) is 0.562. The summed E-state index contributed by atoms with van der Waals surface area (Å²) in [4.78, 5) is 19.6. The number of rotatable bonds is 3. The number of amides is 2. The lowest BCUT2D eigenvalue weighted by atomic mass is 10.1. The Morgan fingerprint density at radius 3 is 2.61 bits per heavy atom. The fourth-order valence-electron chi connectivity index (χ4n) is 3.80. The zero-order chi connectivity index (χ0) is 22.6. The van der Waals surface area contributed by atoms with Crippen LogP contribution in [0, 0.1) is 0 Å². The zero-order valence-corrected chi connectivity index (χ0v) is 18.6. The fraction of sp³-hybridized carbons (Fsp3) is 0.200. The highest BCUT2D eigenvalue weighted by molar-refractivity contribution is 6.31. The number of carbonyl (C=O) groups excluding carboxylic acids is 1. The largest absolute Gasteiger partial charge is 0.454 e. The van der Waals surface area contributed by atoms with Gasteiger partial charge in [0.2, 0.25) is 0 Å². The summed E-state index contributed by atoms with van der Waals surface area (Å²) in [5.74, 6) is 2.06. The lowest BCUT2D eigenvalue weighted by molar-refractivity contribution is 0.0683. The maximum Gasteiger partial charge on any atom is 0.319 e.